The van der Waals surface area contributed by atoms with E-state index in [4.69, 9.17) is 10.5 Å². The molecule has 0 aliphatic carbocycles. The number of carbonyl (C=O) groups is 1. The second-order valence-electron chi connectivity index (χ2n) is 6.77. The maximum atomic E-state index is 12.3. The summed E-state index contributed by atoms with van der Waals surface area (Å²) in [5.74, 6) is 0.992. The van der Waals surface area contributed by atoms with Gasteiger partial charge in [0.25, 0.3) is 0 Å². The zero-order valence-corrected chi connectivity index (χ0v) is 15.8. The van der Waals surface area contributed by atoms with Crippen LogP contribution in [-0.2, 0) is 6.42 Å². The number of hydrogen-bond donors (Lipinski definition) is 2. The smallest absolute Gasteiger partial charge is 0.172 e. The van der Waals surface area contributed by atoms with Crippen molar-refractivity contribution in [3.05, 3.63) is 51.7 Å². The molecule has 0 spiro atoms. The molecule has 136 valence electrons. The van der Waals surface area contributed by atoms with E-state index in [0.717, 1.165) is 21.9 Å². The summed E-state index contributed by atoms with van der Waals surface area (Å²) in [5.41, 5.74) is 6.57. The molecule has 1 heterocycles. The fourth-order valence-corrected chi connectivity index (χ4v) is 3.31. The summed E-state index contributed by atoms with van der Waals surface area (Å²) >= 11 is 1.52. The van der Waals surface area contributed by atoms with Gasteiger partial charge >= 0.3 is 0 Å². The third kappa shape index (κ3) is 6.61. The number of ketones is 1. The Morgan fingerprint density at radius 1 is 1.24 bits per heavy atom. The summed E-state index contributed by atoms with van der Waals surface area (Å²) in [7, 11) is 0. The lowest BCUT2D eigenvalue weighted by atomic mass is 9.98. The molecular weight excluding hydrogens is 334 g/mol. The molecule has 1 atom stereocenters. The van der Waals surface area contributed by atoms with E-state index in [1.165, 1.54) is 16.9 Å². The predicted octanol–water partition coefficient (Wildman–Crippen LogP) is 3.74. The minimum absolute atomic E-state index is 0.0366. The molecule has 1 aromatic heterocycles. The molecule has 2 aromatic rings. The predicted molar refractivity (Wildman–Crippen MR) is 103 cm³/mol. The fourth-order valence-electron chi connectivity index (χ4n) is 2.33. The number of hydrogen-bond acceptors (Lipinski definition) is 5. The third-order valence-electron chi connectivity index (χ3n) is 4.08. The van der Waals surface area contributed by atoms with Gasteiger partial charge in [-0.3, -0.25) is 4.79 Å². The molecule has 2 rings (SSSR count). The Labute approximate surface area is 153 Å². The Morgan fingerprint density at radius 3 is 2.64 bits per heavy atom. The van der Waals surface area contributed by atoms with Crippen LogP contribution in [0.4, 0.5) is 0 Å². The van der Waals surface area contributed by atoms with Crippen LogP contribution in [0.1, 0.15) is 46.3 Å². The van der Waals surface area contributed by atoms with Gasteiger partial charge in [0.2, 0.25) is 0 Å². The Morgan fingerprint density at radius 2 is 1.96 bits per heavy atom. The number of rotatable bonds is 10. The number of thiophene rings is 1. The van der Waals surface area contributed by atoms with Crippen LogP contribution in [-0.4, -0.2) is 29.6 Å². The topological polar surface area (TPSA) is 72.5 Å². The molecule has 3 N–H and O–H groups in total. The molecule has 4 nitrogen and oxygen atoms in total. The Hall–Kier alpha value is -1.69. The maximum absolute atomic E-state index is 12.3. The molecule has 0 aliphatic rings. The van der Waals surface area contributed by atoms with Crippen molar-refractivity contribution >= 4 is 17.1 Å². The van der Waals surface area contributed by atoms with E-state index >= 15 is 0 Å². The van der Waals surface area contributed by atoms with E-state index < -0.39 is 5.54 Å². The van der Waals surface area contributed by atoms with Crippen molar-refractivity contribution in [3.63, 3.8) is 0 Å². The zero-order chi connectivity index (χ0) is 18.3. The molecule has 0 fully saturated rings. The van der Waals surface area contributed by atoms with Crippen LogP contribution in [0, 0.1) is 6.92 Å². The van der Waals surface area contributed by atoms with Gasteiger partial charge in [0.1, 0.15) is 5.75 Å². The van der Waals surface area contributed by atoms with Crippen LogP contribution in [0.5, 0.6) is 5.75 Å². The molecule has 1 aromatic carbocycles. The third-order valence-corrected chi connectivity index (χ3v) is 5.26. The minimum Gasteiger partial charge on any atom is -0.494 e. The lowest BCUT2D eigenvalue weighted by Crippen LogP contribution is -2.40. The Kier molecular flexibility index (Phi) is 7.17. The van der Waals surface area contributed by atoms with Crippen molar-refractivity contribution in [2.24, 2.45) is 5.73 Å². The number of aliphatic hydroxyl groups is 1. The van der Waals surface area contributed by atoms with Gasteiger partial charge in [-0.05, 0) is 57.4 Å². The van der Waals surface area contributed by atoms with Gasteiger partial charge in [-0.25, -0.2) is 0 Å². The van der Waals surface area contributed by atoms with Gasteiger partial charge in [-0.2, -0.15) is 0 Å². The zero-order valence-electron chi connectivity index (χ0n) is 15.0. The lowest BCUT2D eigenvalue weighted by Gasteiger charge is -2.20. The minimum atomic E-state index is -0.568. The SMILES string of the molecule is Cc1ccc(OCCCC(=O)c2ccc(CCC(C)(N)CO)s2)cc1. The maximum Gasteiger partial charge on any atom is 0.172 e. The number of carbonyl (C=O) groups excluding carboxylic acids is 1. The normalized spacial score (nSPS) is 13.4. The van der Waals surface area contributed by atoms with Crippen molar-refractivity contribution in [2.45, 2.75) is 45.1 Å². The first-order valence-corrected chi connectivity index (χ1v) is 9.42. The molecule has 0 amide bonds. The molecule has 0 saturated heterocycles. The molecule has 0 radical (unpaired) electrons. The first-order valence-electron chi connectivity index (χ1n) is 8.61. The second kappa shape index (κ2) is 9.13. The average molecular weight is 362 g/mol. The van der Waals surface area contributed by atoms with Gasteiger partial charge in [-0.1, -0.05) is 17.7 Å². The Balaban J connectivity index is 1.73. The number of nitrogens with two attached hydrogens (primary N) is 1. The highest BCUT2D eigenvalue weighted by atomic mass is 32.1. The number of ether oxygens (including phenoxy) is 1. The van der Waals surface area contributed by atoms with Crippen LogP contribution in [0.3, 0.4) is 0 Å². The van der Waals surface area contributed by atoms with Crippen molar-refractivity contribution < 1.29 is 14.6 Å². The van der Waals surface area contributed by atoms with E-state index in [-0.39, 0.29) is 12.4 Å². The number of aryl methyl sites for hydroxylation is 2. The van der Waals surface area contributed by atoms with Crippen LogP contribution >= 0.6 is 11.3 Å². The van der Waals surface area contributed by atoms with Gasteiger partial charge < -0.3 is 15.6 Å². The quantitative estimate of drug-likeness (QED) is 0.499. The highest BCUT2D eigenvalue weighted by Gasteiger charge is 2.17. The summed E-state index contributed by atoms with van der Waals surface area (Å²) in [6, 6.07) is 11.8. The molecular formula is C20H27NO3S. The van der Waals surface area contributed by atoms with E-state index in [1.807, 2.05) is 50.2 Å². The van der Waals surface area contributed by atoms with Gasteiger partial charge in [0.15, 0.2) is 5.78 Å². The van der Waals surface area contributed by atoms with Crippen molar-refractivity contribution in [3.8, 4) is 5.75 Å². The van der Waals surface area contributed by atoms with E-state index in [1.54, 1.807) is 0 Å². The highest BCUT2D eigenvalue weighted by Crippen LogP contribution is 2.22. The van der Waals surface area contributed by atoms with Gasteiger partial charge in [-0.15, -0.1) is 11.3 Å². The summed E-state index contributed by atoms with van der Waals surface area (Å²) in [5, 5.41) is 9.19. The first-order chi connectivity index (χ1) is 11.9. The largest absolute Gasteiger partial charge is 0.494 e. The average Bonchev–Trinajstić information content (AvgIpc) is 3.08. The molecule has 5 heteroatoms. The highest BCUT2D eigenvalue weighted by molar-refractivity contribution is 7.14. The van der Waals surface area contributed by atoms with Gasteiger partial charge in [0, 0.05) is 16.8 Å². The summed E-state index contributed by atoms with van der Waals surface area (Å²) in [4.78, 5) is 14.2. The van der Waals surface area contributed by atoms with Crippen molar-refractivity contribution in [1.82, 2.24) is 0 Å². The fraction of sp³-hybridized carbons (Fsp3) is 0.450. The number of benzene rings is 1. The number of Topliss-reactive ketones (excluding diaryl/α,β-unsaturated/α-hetero) is 1. The molecule has 0 aliphatic heterocycles. The molecule has 1 unspecified atom stereocenters. The van der Waals surface area contributed by atoms with Crippen LogP contribution in [0.25, 0.3) is 0 Å². The van der Waals surface area contributed by atoms with Crippen LogP contribution in [0.2, 0.25) is 0 Å². The van der Waals surface area contributed by atoms with E-state index in [9.17, 15) is 9.90 Å². The molecule has 0 saturated carbocycles. The van der Waals surface area contributed by atoms with E-state index in [2.05, 4.69) is 0 Å². The summed E-state index contributed by atoms with van der Waals surface area (Å²) < 4.78 is 5.65. The summed E-state index contributed by atoms with van der Waals surface area (Å²) in [6.45, 7) is 4.37. The van der Waals surface area contributed by atoms with Crippen molar-refractivity contribution in [1.29, 1.82) is 0 Å². The summed E-state index contributed by atoms with van der Waals surface area (Å²) in [6.07, 6.45) is 2.66. The first kappa shape index (κ1) is 19.6. The van der Waals surface area contributed by atoms with E-state index in [0.29, 0.717) is 25.9 Å². The molecule has 0 bridgehead atoms. The monoisotopic (exact) mass is 361 g/mol. The van der Waals surface area contributed by atoms with Crippen LogP contribution in [0.15, 0.2) is 36.4 Å². The second-order valence-corrected chi connectivity index (χ2v) is 7.93. The Bertz CT molecular complexity index is 677. The molecule has 25 heavy (non-hydrogen) atoms. The van der Waals surface area contributed by atoms with Crippen LogP contribution < -0.4 is 10.5 Å². The number of aliphatic hydroxyl groups excluding tert-OH is 1. The lowest BCUT2D eigenvalue weighted by molar-refractivity contribution is 0.0977. The van der Waals surface area contributed by atoms with Crippen molar-refractivity contribution in [2.75, 3.05) is 13.2 Å². The standard InChI is InChI=1S/C20H27NO3S/c1-15-5-7-16(8-6-15)24-13-3-4-18(23)19-10-9-17(25-19)11-12-20(2,21)14-22/h5-10,22H,3-4,11-14,21H2,1-2H3. The van der Waals surface area contributed by atoms with Gasteiger partial charge in [0.05, 0.1) is 18.1 Å².